The number of para-hydroxylation sites is 1. The lowest BCUT2D eigenvalue weighted by Gasteiger charge is -2.15. The Morgan fingerprint density at radius 3 is 2.67 bits per heavy atom. The molecule has 4 heteroatoms. The van der Waals surface area contributed by atoms with Gasteiger partial charge in [-0.25, -0.2) is 0 Å². The van der Waals surface area contributed by atoms with Crippen LogP contribution in [0.2, 0.25) is 0 Å². The summed E-state index contributed by atoms with van der Waals surface area (Å²) in [5.41, 5.74) is 1.67. The van der Waals surface area contributed by atoms with Crippen molar-refractivity contribution in [2.75, 3.05) is 20.3 Å². The first-order chi connectivity index (χ1) is 10.2. The van der Waals surface area contributed by atoms with Crippen LogP contribution in [0.4, 0.5) is 0 Å². The molecule has 2 rings (SSSR count). The summed E-state index contributed by atoms with van der Waals surface area (Å²) in [5, 5.41) is 19.2. The SMILES string of the molecule is COc1cccc(C(O)COc2ccccc2CCO)c1. The zero-order chi connectivity index (χ0) is 15.1. The van der Waals surface area contributed by atoms with Crippen LogP contribution in [0.5, 0.6) is 11.5 Å². The van der Waals surface area contributed by atoms with Crippen LogP contribution in [0, 0.1) is 0 Å². The summed E-state index contributed by atoms with van der Waals surface area (Å²) >= 11 is 0. The summed E-state index contributed by atoms with van der Waals surface area (Å²) in [6, 6.07) is 14.8. The normalized spacial score (nSPS) is 12.0. The minimum atomic E-state index is -0.734. The van der Waals surface area contributed by atoms with Crippen molar-refractivity contribution in [3.8, 4) is 11.5 Å². The van der Waals surface area contributed by atoms with Gasteiger partial charge in [0.05, 0.1) is 7.11 Å². The van der Waals surface area contributed by atoms with Gasteiger partial charge in [0.25, 0.3) is 0 Å². The zero-order valence-corrected chi connectivity index (χ0v) is 12.0. The summed E-state index contributed by atoms with van der Waals surface area (Å²) in [6.07, 6.45) is -0.201. The van der Waals surface area contributed by atoms with Gasteiger partial charge >= 0.3 is 0 Å². The van der Waals surface area contributed by atoms with Crippen molar-refractivity contribution >= 4 is 0 Å². The molecule has 2 N–H and O–H groups in total. The van der Waals surface area contributed by atoms with E-state index in [0.29, 0.717) is 17.9 Å². The minimum absolute atomic E-state index is 0.0683. The molecule has 21 heavy (non-hydrogen) atoms. The smallest absolute Gasteiger partial charge is 0.122 e. The van der Waals surface area contributed by atoms with Crippen LogP contribution >= 0.6 is 0 Å². The van der Waals surface area contributed by atoms with Crippen molar-refractivity contribution < 1.29 is 19.7 Å². The van der Waals surface area contributed by atoms with Gasteiger partial charge < -0.3 is 19.7 Å². The number of aliphatic hydroxyl groups is 2. The molecule has 0 spiro atoms. The highest BCUT2D eigenvalue weighted by atomic mass is 16.5. The minimum Gasteiger partial charge on any atom is -0.497 e. The molecule has 0 saturated carbocycles. The largest absolute Gasteiger partial charge is 0.497 e. The predicted molar refractivity (Wildman–Crippen MR) is 80.7 cm³/mol. The number of aliphatic hydroxyl groups excluding tert-OH is 2. The molecule has 2 aromatic carbocycles. The molecule has 0 fully saturated rings. The van der Waals surface area contributed by atoms with Crippen molar-refractivity contribution in [1.82, 2.24) is 0 Å². The van der Waals surface area contributed by atoms with Crippen molar-refractivity contribution in [3.63, 3.8) is 0 Å². The van der Waals surface area contributed by atoms with Gasteiger partial charge in [-0.15, -0.1) is 0 Å². The van der Waals surface area contributed by atoms with Gasteiger partial charge in [0.2, 0.25) is 0 Å². The standard InChI is InChI=1S/C17H20O4/c1-20-15-7-4-6-14(11-15)16(19)12-21-17-8-3-2-5-13(17)9-10-18/h2-8,11,16,18-19H,9-10,12H2,1H3. The number of rotatable bonds is 7. The third-order valence-electron chi connectivity index (χ3n) is 3.23. The second-order valence-electron chi connectivity index (χ2n) is 4.68. The summed E-state index contributed by atoms with van der Waals surface area (Å²) < 4.78 is 10.8. The average molecular weight is 288 g/mol. The van der Waals surface area contributed by atoms with Crippen LogP contribution in [0.1, 0.15) is 17.2 Å². The maximum atomic E-state index is 10.2. The van der Waals surface area contributed by atoms with Crippen LogP contribution in [0.3, 0.4) is 0 Å². The molecule has 1 unspecified atom stereocenters. The van der Waals surface area contributed by atoms with Crippen molar-refractivity contribution in [3.05, 3.63) is 59.7 Å². The molecule has 112 valence electrons. The first kappa shape index (κ1) is 15.4. The van der Waals surface area contributed by atoms with E-state index in [1.54, 1.807) is 13.2 Å². The Morgan fingerprint density at radius 1 is 1.10 bits per heavy atom. The van der Waals surface area contributed by atoms with Crippen LogP contribution in [0.25, 0.3) is 0 Å². The van der Waals surface area contributed by atoms with Gasteiger partial charge in [0.15, 0.2) is 0 Å². The second-order valence-corrected chi connectivity index (χ2v) is 4.68. The highest BCUT2D eigenvalue weighted by Gasteiger charge is 2.11. The van der Waals surface area contributed by atoms with E-state index in [1.165, 1.54) is 0 Å². The molecule has 0 bridgehead atoms. The van der Waals surface area contributed by atoms with E-state index in [1.807, 2.05) is 42.5 Å². The Morgan fingerprint density at radius 2 is 1.90 bits per heavy atom. The van der Waals surface area contributed by atoms with Crippen molar-refractivity contribution in [2.24, 2.45) is 0 Å². The lowest BCUT2D eigenvalue weighted by Crippen LogP contribution is -2.11. The van der Waals surface area contributed by atoms with Crippen LogP contribution in [-0.4, -0.2) is 30.5 Å². The monoisotopic (exact) mass is 288 g/mol. The van der Waals surface area contributed by atoms with E-state index in [0.717, 1.165) is 11.1 Å². The molecule has 0 aliphatic carbocycles. The molecule has 1 atom stereocenters. The summed E-state index contributed by atoms with van der Waals surface area (Å²) in [5.74, 6) is 1.39. The summed E-state index contributed by atoms with van der Waals surface area (Å²) in [6.45, 7) is 0.217. The lowest BCUT2D eigenvalue weighted by atomic mass is 10.1. The maximum Gasteiger partial charge on any atom is 0.122 e. The van der Waals surface area contributed by atoms with Gasteiger partial charge in [0, 0.05) is 6.61 Å². The van der Waals surface area contributed by atoms with Crippen LogP contribution < -0.4 is 9.47 Å². The molecule has 0 saturated heterocycles. The molecule has 0 aliphatic heterocycles. The lowest BCUT2D eigenvalue weighted by molar-refractivity contribution is 0.107. The topological polar surface area (TPSA) is 58.9 Å². The zero-order valence-electron chi connectivity index (χ0n) is 12.0. The van der Waals surface area contributed by atoms with Crippen LogP contribution in [-0.2, 0) is 6.42 Å². The van der Waals surface area contributed by atoms with E-state index >= 15 is 0 Å². The fourth-order valence-corrected chi connectivity index (χ4v) is 2.09. The molecule has 0 aliphatic rings. The molecule has 4 nitrogen and oxygen atoms in total. The van der Waals surface area contributed by atoms with Gasteiger partial charge in [-0.1, -0.05) is 30.3 Å². The number of hydrogen-bond acceptors (Lipinski definition) is 4. The first-order valence-electron chi connectivity index (χ1n) is 6.88. The van der Waals surface area contributed by atoms with Crippen molar-refractivity contribution in [1.29, 1.82) is 0 Å². The van der Waals surface area contributed by atoms with E-state index in [-0.39, 0.29) is 13.2 Å². The number of benzene rings is 2. The van der Waals surface area contributed by atoms with Gasteiger partial charge in [-0.2, -0.15) is 0 Å². The molecule has 0 amide bonds. The molecular formula is C17H20O4. The fraction of sp³-hybridized carbons (Fsp3) is 0.294. The third-order valence-corrected chi connectivity index (χ3v) is 3.23. The van der Waals surface area contributed by atoms with Gasteiger partial charge in [0.1, 0.15) is 24.2 Å². The van der Waals surface area contributed by atoms with E-state index in [9.17, 15) is 5.11 Å². The quantitative estimate of drug-likeness (QED) is 0.821. The number of hydrogen-bond donors (Lipinski definition) is 2. The van der Waals surface area contributed by atoms with Gasteiger partial charge in [-0.3, -0.25) is 0 Å². The Hall–Kier alpha value is -2.04. The Bertz CT molecular complexity index is 568. The first-order valence-corrected chi connectivity index (χ1v) is 6.88. The van der Waals surface area contributed by atoms with E-state index in [2.05, 4.69) is 0 Å². The number of methoxy groups -OCH3 is 1. The highest BCUT2D eigenvalue weighted by molar-refractivity contribution is 5.34. The molecular weight excluding hydrogens is 268 g/mol. The fourth-order valence-electron chi connectivity index (χ4n) is 2.09. The maximum absolute atomic E-state index is 10.2. The summed E-state index contributed by atoms with van der Waals surface area (Å²) in [7, 11) is 1.59. The molecule has 0 heterocycles. The van der Waals surface area contributed by atoms with E-state index in [4.69, 9.17) is 14.6 Å². The van der Waals surface area contributed by atoms with E-state index < -0.39 is 6.10 Å². The van der Waals surface area contributed by atoms with Crippen LogP contribution in [0.15, 0.2) is 48.5 Å². The van der Waals surface area contributed by atoms with Crippen molar-refractivity contribution in [2.45, 2.75) is 12.5 Å². The Labute approximate surface area is 124 Å². The Balaban J connectivity index is 2.02. The molecule has 2 aromatic rings. The average Bonchev–Trinajstić information content (AvgIpc) is 2.54. The molecule has 0 radical (unpaired) electrons. The third kappa shape index (κ3) is 4.21. The Kier molecular flexibility index (Phi) is 5.60. The predicted octanol–water partition coefficient (Wildman–Crippen LogP) is 2.34. The van der Waals surface area contributed by atoms with Gasteiger partial charge in [-0.05, 0) is 35.7 Å². The number of ether oxygens (including phenoxy) is 2. The molecule has 0 aromatic heterocycles. The summed E-state index contributed by atoms with van der Waals surface area (Å²) in [4.78, 5) is 0. The highest BCUT2D eigenvalue weighted by Crippen LogP contribution is 2.23. The second kappa shape index (κ2) is 7.67.